The molecule has 134 valence electrons. The van der Waals surface area contributed by atoms with E-state index in [9.17, 15) is 9.59 Å². The molecule has 1 unspecified atom stereocenters. The SMILES string of the molecule is CC(C)CCCCC1CCN(C(=O)CSC(C)C(=O)NN)CC1. The number of thioether (sulfide) groups is 1. The van der Waals surface area contributed by atoms with Gasteiger partial charge >= 0.3 is 0 Å². The highest BCUT2D eigenvalue weighted by molar-refractivity contribution is 8.01. The molecule has 6 heteroatoms. The number of hydrogen-bond donors (Lipinski definition) is 2. The number of likely N-dealkylation sites (tertiary alicyclic amines) is 1. The van der Waals surface area contributed by atoms with Gasteiger partial charge in [0.15, 0.2) is 0 Å². The van der Waals surface area contributed by atoms with Crippen molar-refractivity contribution in [2.24, 2.45) is 17.7 Å². The summed E-state index contributed by atoms with van der Waals surface area (Å²) in [5, 5.41) is -0.289. The highest BCUT2D eigenvalue weighted by atomic mass is 32.2. The number of nitrogens with zero attached hydrogens (tertiary/aromatic N) is 1. The predicted molar refractivity (Wildman–Crippen MR) is 96.9 cm³/mol. The number of amides is 2. The van der Waals surface area contributed by atoms with Crippen LogP contribution in [0.15, 0.2) is 0 Å². The third-order valence-electron chi connectivity index (χ3n) is 4.58. The van der Waals surface area contributed by atoms with Gasteiger partial charge in [-0.25, -0.2) is 5.84 Å². The average molecular weight is 344 g/mol. The number of hydrazine groups is 1. The van der Waals surface area contributed by atoms with Crippen molar-refractivity contribution < 1.29 is 9.59 Å². The first-order chi connectivity index (χ1) is 10.9. The normalized spacial score (nSPS) is 17.3. The molecule has 0 bridgehead atoms. The first-order valence-electron chi connectivity index (χ1n) is 8.83. The Hall–Kier alpha value is -0.750. The van der Waals surface area contributed by atoms with Crippen molar-refractivity contribution in [2.45, 2.75) is 64.5 Å². The second kappa shape index (κ2) is 10.9. The molecule has 0 aromatic carbocycles. The number of nitrogens with two attached hydrogens (primary N) is 1. The van der Waals surface area contributed by atoms with Crippen molar-refractivity contribution in [1.82, 2.24) is 10.3 Å². The van der Waals surface area contributed by atoms with Gasteiger partial charge in [0.05, 0.1) is 11.0 Å². The van der Waals surface area contributed by atoms with Crippen LogP contribution < -0.4 is 11.3 Å². The van der Waals surface area contributed by atoms with Crippen molar-refractivity contribution in [3.63, 3.8) is 0 Å². The number of unbranched alkanes of at least 4 members (excludes halogenated alkanes) is 1. The average Bonchev–Trinajstić information content (AvgIpc) is 2.55. The molecule has 1 aliphatic rings. The lowest BCUT2D eigenvalue weighted by molar-refractivity contribution is -0.129. The molecular weight excluding hydrogens is 310 g/mol. The van der Waals surface area contributed by atoms with Crippen LogP contribution in [0, 0.1) is 11.8 Å². The van der Waals surface area contributed by atoms with Crippen LogP contribution in [0.5, 0.6) is 0 Å². The topological polar surface area (TPSA) is 75.4 Å². The zero-order valence-corrected chi connectivity index (χ0v) is 15.7. The summed E-state index contributed by atoms with van der Waals surface area (Å²) in [4.78, 5) is 25.5. The van der Waals surface area contributed by atoms with Gasteiger partial charge in [0.1, 0.15) is 0 Å². The van der Waals surface area contributed by atoms with Crippen LogP contribution in [0.3, 0.4) is 0 Å². The third-order valence-corrected chi connectivity index (χ3v) is 5.71. The maximum Gasteiger partial charge on any atom is 0.246 e. The molecule has 1 heterocycles. The summed E-state index contributed by atoms with van der Waals surface area (Å²) in [5.74, 6) is 6.94. The largest absolute Gasteiger partial charge is 0.342 e. The van der Waals surface area contributed by atoms with E-state index in [0.29, 0.717) is 5.75 Å². The molecule has 5 nitrogen and oxygen atoms in total. The molecule has 0 saturated carbocycles. The molecule has 1 aliphatic heterocycles. The zero-order valence-electron chi connectivity index (χ0n) is 14.8. The van der Waals surface area contributed by atoms with E-state index in [1.165, 1.54) is 37.4 Å². The van der Waals surface area contributed by atoms with Gasteiger partial charge in [-0.3, -0.25) is 15.0 Å². The van der Waals surface area contributed by atoms with Crippen LogP contribution in [0.25, 0.3) is 0 Å². The molecule has 0 aromatic rings. The van der Waals surface area contributed by atoms with Crippen molar-refractivity contribution in [1.29, 1.82) is 0 Å². The molecule has 2 amide bonds. The van der Waals surface area contributed by atoms with Gasteiger partial charge in [-0.2, -0.15) is 0 Å². The third kappa shape index (κ3) is 8.06. The van der Waals surface area contributed by atoms with Gasteiger partial charge in [0.25, 0.3) is 0 Å². The van der Waals surface area contributed by atoms with Gasteiger partial charge in [-0.1, -0.05) is 39.5 Å². The summed E-state index contributed by atoms with van der Waals surface area (Å²) < 4.78 is 0. The predicted octanol–water partition coefficient (Wildman–Crippen LogP) is 2.55. The smallest absolute Gasteiger partial charge is 0.246 e. The number of hydrogen-bond acceptors (Lipinski definition) is 4. The van der Waals surface area contributed by atoms with Gasteiger partial charge in [0, 0.05) is 13.1 Å². The Morgan fingerprint density at radius 1 is 1.22 bits per heavy atom. The molecule has 23 heavy (non-hydrogen) atoms. The quantitative estimate of drug-likeness (QED) is 0.292. The van der Waals surface area contributed by atoms with Crippen molar-refractivity contribution >= 4 is 23.6 Å². The Labute approximate surface area is 145 Å². The van der Waals surface area contributed by atoms with E-state index in [2.05, 4.69) is 19.3 Å². The number of rotatable bonds is 9. The summed E-state index contributed by atoms with van der Waals surface area (Å²) in [5.41, 5.74) is 2.12. The minimum atomic E-state index is -0.289. The van der Waals surface area contributed by atoms with Crippen LogP contribution in [0.2, 0.25) is 0 Å². The monoisotopic (exact) mass is 343 g/mol. The molecule has 0 radical (unpaired) electrons. The number of carbonyl (C=O) groups is 2. The molecule has 3 N–H and O–H groups in total. The standard InChI is InChI=1S/C17H33N3O2S/c1-13(2)6-4-5-7-15-8-10-20(11-9-15)16(21)12-23-14(3)17(22)19-18/h13-15H,4-12,18H2,1-3H3,(H,19,22). The lowest BCUT2D eigenvalue weighted by atomic mass is 9.90. The Morgan fingerprint density at radius 2 is 1.87 bits per heavy atom. The first-order valence-corrected chi connectivity index (χ1v) is 9.88. The fourth-order valence-electron chi connectivity index (χ4n) is 2.94. The van der Waals surface area contributed by atoms with E-state index >= 15 is 0 Å². The Kier molecular flexibility index (Phi) is 9.63. The van der Waals surface area contributed by atoms with E-state index < -0.39 is 0 Å². The number of nitrogens with one attached hydrogen (secondary N) is 1. The summed E-state index contributed by atoms with van der Waals surface area (Å²) in [6, 6.07) is 0. The lowest BCUT2D eigenvalue weighted by Crippen LogP contribution is -2.40. The zero-order chi connectivity index (χ0) is 17.2. The number of carbonyl (C=O) groups excluding carboxylic acids is 2. The highest BCUT2D eigenvalue weighted by Gasteiger charge is 2.23. The Morgan fingerprint density at radius 3 is 2.43 bits per heavy atom. The maximum atomic E-state index is 12.2. The summed E-state index contributed by atoms with van der Waals surface area (Å²) in [6.07, 6.45) is 7.51. The van der Waals surface area contributed by atoms with E-state index in [-0.39, 0.29) is 17.1 Å². The van der Waals surface area contributed by atoms with Gasteiger partial charge in [-0.15, -0.1) is 11.8 Å². The van der Waals surface area contributed by atoms with Crippen LogP contribution in [0.1, 0.15) is 59.3 Å². The van der Waals surface area contributed by atoms with Gasteiger partial charge < -0.3 is 4.90 Å². The molecule has 1 rings (SSSR count). The number of piperidine rings is 1. The van der Waals surface area contributed by atoms with E-state index in [4.69, 9.17) is 5.84 Å². The Balaban J connectivity index is 2.17. The fourth-order valence-corrected chi connectivity index (χ4v) is 3.73. The highest BCUT2D eigenvalue weighted by Crippen LogP contribution is 2.24. The molecule has 1 fully saturated rings. The maximum absolute atomic E-state index is 12.2. The van der Waals surface area contributed by atoms with Crippen LogP contribution in [0.4, 0.5) is 0 Å². The summed E-state index contributed by atoms with van der Waals surface area (Å²) >= 11 is 1.35. The lowest BCUT2D eigenvalue weighted by Gasteiger charge is -2.32. The van der Waals surface area contributed by atoms with Gasteiger partial charge in [-0.05, 0) is 31.6 Å². The minimum Gasteiger partial charge on any atom is -0.342 e. The van der Waals surface area contributed by atoms with Crippen molar-refractivity contribution in [2.75, 3.05) is 18.8 Å². The Bertz CT molecular complexity index is 369. The minimum absolute atomic E-state index is 0.143. The fraction of sp³-hybridized carbons (Fsp3) is 0.882. The van der Waals surface area contributed by atoms with Crippen molar-refractivity contribution in [3.05, 3.63) is 0 Å². The van der Waals surface area contributed by atoms with Gasteiger partial charge in [0.2, 0.25) is 11.8 Å². The molecule has 1 atom stereocenters. The molecule has 0 aliphatic carbocycles. The molecule has 0 aromatic heterocycles. The summed E-state index contributed by atoms with van der Waals surface area (Å²) in [6.45, 7) is 8.06. The van der Waals surface area contributed by atoms with E-state index in [0.717, 1.165) is 37.8 Å². The van der Waals surface area contributed by atoms with Crippen LogP contribution in [-0.2, 0) is 9.59 Å². The molecule has 1 saturated heterocycles. The molecular formula is C17H33N3O2S. The second-order valence-corrected chi connectivity index (χ2v) is 8.29. The van der Waals surface area contributed by atoms with Crippen molar-refractivity contribution in [3.8, 4) is 0 Å². The second-order valence-electron chi connectivity index (χ2n) is 6.96. The first kappa shape index (κ1) is 20.3. The van der Waals surface area contributed by atoms with E-state index in [1.54, 1.807) is 6.92 Å². The molecule has 0 spiro atoms. The summed E-state index contributed by atoms with van der Waals surface area (Å²) in [7, 11) is 0. The van der Waals surface area contributed by atoms with Crippen LogP contribution >= 0.6 is 11.8 Å². The van der Waals surface area contributed by atoms with Crippen LogP contribution in [-0.4, -0.2) is 40.8 Å². The van der Waals surface area contributed by atoms with E-state index in [1.807, 2.05) is 4.90 Å².